The molecule has 63 heavy (non-hydrogen) atoms. The molecule has 0 spiro atoms. The number of rotatable bonds is 7. The van der Waals surface area contributed by atoms with Gasteiger partial charge in [0.05, 0.1) is 31.8 Å². The molecule has 8 rings (SSSR count). The molecule has 0 bridgehead atoms. The van der Waals surface area contributed by atoms with Crippen LogP contribution in [0.2, 0.25) is 20.1 Å². The van der Waals surface area contributed by atoms with Crippen LogP contribution in [0.5, 0.6) is 0 Å². The Hall–Kier alpha value is -3.77. The molecule has 2 aromatic heterocycles. The summed E-state index contributed by atoms with van der Waals surface area (Å²) in [5.74, 6) is -0.141. The predicted octanol–water partition coefficient (Wildman–Crippen LogP) is 13.7. The van der Waals surface area contributed by atoms with Gasteiger partial charge in [0.25, 0.3) is 0 Å². The number of nitrogens with one attached hydrogen (secondary N) is 1. The molecule has 2 unspecified atom stereocenters. The normalized spacial score (nSPS) is 18.9. The second-order valence-electron chi connectivity index (χ2n) is 14.8. The Balaban J connectivity index is 0.000000191. The average molecular weight is 1010 g/mol. The molecular weight excluding hydrogens is 976 g/mol. The highest BCUT2D eigenvalue weighted by atomic mass is 35.5. The fraction of sp³-hybridized carbons (Fsp3) is 0.333. The number of nitrogen functional groups attached to an aromatic ring is 1. The first-order valence-corrected chi connectivity index (χ1v) is 22.7. The molecule has 4 aromatic carbocycles. The summed E-state index contributed by atoms with van der Waals surface area (Å²) in [5, 5.41) is 4.27. The molecule has 3 N–H and O–H groups in total. The summed E-state index contributed by atoms with van der Waals surface area (Å²) in [6.07, 6.45) is -8.43. The van der Waals surface area contributed by atoms with E-state index in [0.717, 1.165) is 9.40 Å². The number of nitrogens with zero attached hydrogens (tertiary/aromatic N) is 4. The Morgan fingerprint density at radius 1 is 0.698 bits per heavy atom. The molecule has 2 fully saturated rings. The number of alkyl halides is 6. The maximum atomic E-state index is 14.3. The van der Waals surface area contributed by atoms with Crippen molar-refractivity contribution in [3.05, 3.63) is 104 Å². The van der Waals surface area contributed by atoms with Crippen LogP contribution >= 0.6 is 80.7 Å². The minimum atomic E-state index is -4.49. The van der Waals surface area contributed by atoms with Gasteiger partial charge >= 0.3 is 12.4 Å². The zero-order valence-corrected chi connectivity index (χ0v) is 38.7. The van der Waals surface area contributed by atoms with E-state index in [4.69, 9.17) is 63.7 Å². The van der Waals surface area contributed by atoms with E-state index < -0.39 is 23.2 Å². The van der Waals surface area contributed by atoms with Gasteiger partial charge < -0.3 is 20.9 Å². The van der Waals surface area contributed by atoms with Gasteiger partial charge in [-0.05, 0) is 96.2 Å². The van der Waals surface area contributed by atoms with Crippen LogP contribution in [0, 0.1) is 0 Å². The van der Waals surface area contributed by atoms with Gasteiger partial charge in [-0.1, -0.05) is 95.1 Å². The summed E-state index contributed by atoms with van der Waals surface area (Å²) in [7, 11) is 0. The Morgan fingerprint density at radius 2 is 1.11 bits per heavy atom. The highest BCUT2D eigenvalue weighted by molar-refractivity contribution is 7.23. The van der Waals surface area contributed by atoms with Crippen LogP contribution < -0.4 is 20.9 Å². The molecule has 1 amide bonds. The average Bonchev–Trinajstić information content (AvgIpc) is 4.02. The summed E-state index contributed by atoms with van der Waals surface area (Å²) in [6.45, 7) is 3.34. The van der Waals surface area contributed by atoms with Crippen molar-refractivity contribution in [3.63, 3.8) is 0 Å². The van der Waals surface area contributed by atoms with Gasteiger partial charge in [-0.2, -0.15) is 26.3 Å². The molecule has 6 aromatic rings. The fourth-order valence-electron chi connectivity index (χ4n) is 7.37. The van der Waals surface area contributed by atoms with Crippen molar-refractivity contribution in [2.24, 2.45) is 0 Å². The Labute approximate surface area is 391 Å². The second-order valence-corrected chi connectivity index (χ2v) is 18.9. The van der Waals surface area contributed by atoms with Crippen LogP contribution in [0.1, 0.15) is 50.7 Å². The first-order valence-electron chi connectivity index (χ1n) is 19.2. The molecule has 0 aliphatic carbocycles. The molecular formula is C42H37Cl5F6N6O2S2. The van der Waals surface area contributed by atoms with Crippen molar-refractivity contribution in [2.75, 3.05) is 47.0 Å². The number of benzene rings is 4. The van der Waals surface area contributed by atoms with Gasteiger partial charge in [-0.15, -0.1) is 0 Å². The van der Waals surface area contributed by atoms with Crippen molar-refractivity contribution >= 4 is 134 Å². The molecule has 0 saturated carbocycles. The summed E-state index contributed by atoms with van der Waals surface area (Å²) in [4.78, 5) is 33.7. The third kappa shape index (κ3) is 10.5. The number of hydrogen-bond acceptors (Lipinski definition) is 9. The molecule has 336 valence electrons. The Kier molecular flexibility index (Phi) is 15.0. The van der Waals surface area contributed by atoms with Crippen molar-refractivity contribution in [1.29, 1.82) is 0 Å². The number of halogens is 11. The minimum Gasteiger partial charge on any atom is -0.398 e. The smallest absolute Gasteiger partial charge is 0.398 e. The number of anilines is 4. The van der Waals surface area contributed by atoms with E-state index in [-0.39, 0.29) is 81.4 Å². The minimum absolute atomic E-state index is 0.0528. The number of hydrogen-bond donors (Lipinski definition) is 2. The number of thiazole rings is 2. The van der Waals surface area contributed by atoms with Gasteiger partial charge in [0, 0.05) is 59.1 Å². The zero-order valence-electron chi connectivity index (χ0n) is 33.2. The lowest BCUT2D eigenvalue weighted by Crippen LogP contribution is -2.44. The van der Waals surface area contributed by atoms with E-state index in [9.17, 15) is 35.9 Å². The lowest BCUT2D eigenvalue weighted by atomic mass is 9.79. The molecule has 0 radical (unpaired) electrons. The molecule has 2 saturated heterocycles. The summed E-state index contributed by atoms with van der Waals surface area (Å²) in [6, 6.07) is 18.8. The highest BCUT2D eigenvalue weighted by Gasteiger charge is 2.60. The first kappa shape index (κ1) is 48.7. The number of amides is 1. The number of nitrogens with two attached hydrogens (primary N) is 1. The van der Waals surface area contributed by atoms with E-state index in [1.54, 1.807) is 60.0 Å². The van der Waals surface area contributed by atoms with Gasteiger partial charge in [-0.3, -0.25) is 9.59 Å². The molecule has 21 heteroatoms. The van der Waals surface area contributed by atoms with E-state index in [0.29, 0.717) is 45.5 Å². The standard InChI is InChI=1S/C21H18Cl2F3N3OS.C18H14Cl2F3N3S.C3H5ClO/c1-2-17(30)27-15-4-3-5-16-18(15)31-19(28-16)29-7-6-20(11-29,21(24,25)26)12-8-13(22)10-14(23)9-12;19-11-6-10(7-12(20)8-11)17(18(21,22)23)4-5-26(9-17)16-25-14-3-1-2-13(24)15(14)27-16;1-2-3(4)5/h3-5,8-10H,2,6-7,11H2,1H3,(H,27,30);1-3,6-8H,4-5,9,24H2;2H2,1H3. The van der Waals surface area contributed by atoms with Crippen LogP contribution in [-0.4, -0.2) is 59.6 Å². The van der Waals surface area contributed by atoms with Gasteiger partial charge in [0.1, 0.15) is 10.8 Å². The maximum Gasteiger partial charge on any atom is 0.400 e. The summed E-state index contributed by atoms with van der Waals surface area (Å²) in [5.41, 5.74) is 4.43. The largest absolute Gasteiger partial charge is 0.400 e. The van der Waals surface area contributed by atoms with Crippen molar-refractivity contribution in [2.45, 2.75) is 62.7 Å². The quantitative estimate of drug-likeness (QED) is 0.0932. The van der Waals surface area contributed by atoms with Crippen LogP contribution in [0.25, 0.3) is 20.4 Å². The monoisotopic (exact) mass is 1010 g/mol. The van der Waals surface area contributed by atoms with Crippen LogP contribution in [0.4, 0.5) is 48.0 Å². The van der Waals surface area contributed by atoms with E-state index >= 15 is 0 Å². The maximum absolute atomic E-state index is 14.3. The third-order valence-corrected chi connectivity index (χ3v) is 14.2. The third-order valence-electron chi connectivity index (χ3n) is 10.7. The topological polar surface area (TPSA) is 104 Å². The van der Waals surface area contributed by atoms with E-state index in [1.165, 1.54) is 59.1 Å². The van der Waals surface area contributed by atoms with Crippen molar-refractivity contribution in [1.82, 2.24) is 9.97 Å². The number of aromatic nitrogens is 2. The molecule has 4 heterocycles. The van der Waals surface area contributed by atoms with Crippen LogP contribution in [0.15, 0.2) is 72.8 Å². The van der Waals surface area contributed by atoms with Gasteiger partial charge in [0.2, 0.25) is 11.1 Å². The van der Waals surface area contributed by atoms with E-state index in [2.05, 4.69) is 15.3 Å². The number of fused-ring (bicyclic) bond motifs is 2. The molecule has 2 aliphatic rings. The summed E-state index contributed by atoms with van der Waals surface area (Å²) >= 11 is 31.4. The molecule has 8 nitrogen and oxygen atoms in total. The lowest BCUT2D eigenvalue weighted by Gasteiger charge is -2.32. The van der Waals surface area contributed by atoms with Crippen molar-refractivity contribution in [3.8, 4) is 0 Å². The number of carbonyl (C=O) groups excluding carboxylic acids is 2. The summed E-state index contributed by atoms with van der Waals surface area (Å²) < 4.78 is 87.0. The van der Waals surface area contributed by atoms with Crippen molar-refractivity contribution < 1.29 is 35.9 Å². The molecule has 2 aliphatic heterocycles. The van der Waals surface area contributed by atoms with Crippen LogP contribution in [0.3, 0.4) is 0 Å². The Morgan fingerprint density at radius 3 is 1.51 bits per heavy atom. The SMILES string of the molecule is CCC(=O)Cl.CCC(=O)Nc1cccc2nc(N3CCC(c4cc(Cl)cc(Cl)c4)(C(F)(F)F)C3)sc12.Nc1cccc2nc(N3CCC(c4cc(Cl)cc(Cl)c4)(C(F)(F)F)C3)sc12. The predicted molar refractivity (Wildman–Crippen MR) is 246 cm³/mol. The zero-order chi connectivity index (χ0) is 46.1. The molecule has 2 atom stereocenters. The second kappa shape index (κ2) is 19.4. The highest BCUT2D eigenvalue weighted by Crippen LogP contribution is 2.52. The first-order chi connectivity index (χ1) is 29.6. The Bertz CT molecular complexity index is 2610. The van der Waals surface area contributed by atoms with Crippen LogP contribution in [-0.2, 0) is 20.4 Å². The van der Waals surface area contributed by atoms with E-state index in [1.807, 2.05) is 0 Å². The van der Waals surface area contributed by atoms with Gasteiger partial charge in [0.15, 0.2) is 10.3 Å². The number of carbonyl (C=O) groups is 2. The lowest BCUT2D eigenvalue weighted by molar-refractivity contribution is -0.185. The fourth-order valence-corrected chi connectivity index (χ4v) is 10.5. The van der Waals surface area contributed by atoms with Gasteiger partial charge in [-0.25, -0.2) is 9.97 Å².